The van der Waals surface area contributed by atoms with Crippen LogP contribution in [0.4, 0.5) is 5.69 Å². The number of amides is 2. The summed E-state index contributed by atoms with van der Waals surface area (Å²) in [7, 11) is -2.43. The first kappa shape index (κ1) is 32.2. The van der Waals surface area contributed by atoms with Crippen LogP contribution < -0.4 is 14.4 Å². The fourth-order valence-electron chi connectivity index (χ4n) is 4.21. The molecule has 11 heteroatoms. The summed E-state index contributed by atoms with van der Waals surface area (Å²) in [5.41, 5.74) is 1.66. The van der Waals surface area contributed by atoms with Crippen molar-refractivity contribution in [3.63, 3.8) is 0 Å². The van der Waals surface area contributed by atoms with Crippen LogP contribution in [0.1, 0.15) is 31.4 Å². The first-order valence-electron chi connectivity index (χ1n) is 13.1. The molecule has 8 nitrogen and oxygen atoms in total. The van der Waals surface area contributed by atoms with E-state index in [4.69, 9.17) is 27.9 Å². The summed E-state index contributed by atoms with van der Waals surface area (Å²) in [6.07, 6.45) is 1.92. The van der Waals surface area contributed by atoms with Gasteiger partial charge in [-0.15, -0.1) is 0 Å². The lowest BCUT2D eigenvalue weighted by Crippen LogP contribution is -2.54. The lowest BCUT2D eigenvalue weighted by molar-refractivity contribution is -0.140. The van der Waals surface area contributed by atoms with Crippen LogP contribution in [0.25, 0.3) is 0 Å². The first-order chi connectivity index (χ1) is 19.4. The number of carbonyl (C=O) groups excluding carboxylic acids is 2. The smallest absolute Gasteiger partial charge is 0.244 e. The molecule has 220 valence electrons. The molecule has 3 aromatic carbocycles. The molecule has 0 saturated heterocycles. The molecule has 0 unspecified atom stereocenters. The van der Waals surface area contributed by atoms with Crippen LogP contribution in [-0.4, -0.2) is 57.1 Å². The molecule has 0 heterocycles. The molecule has 41 heavy (non-hydrogen) atoms. The molecular formula is C30H35Cl2N3O5S. The fraction of sp³-hybridized carbons (Fsp3) is 0.333. The number of anilines is 1. The number of sulfonamides is 1. The number of nitrogens with one attached hydrogen (secondary N) is 1. The Morgan fingerprint density at radius 1 is 1.00 bits per heavy atom. The van der Waals surface area contributed by atoms with E-state index in [0.29, 0.717) is 27.8 Å². The highest BCUT2D eigenvalue weighted by atomic mass is 35.5. The summed E-state index contributed by atoms with van der Waals surface area (Å²) < 4.78 is 32.1. The normalized spacial score (nSPS) is 12.7. The Hall–Kier alpha value is -3.27. The van der Waals surface area contributed by atoms with Crippen molar-refractivity contribution in [2.45, 2.75) is 45.3 Å². The standard InChI is InChI=1S/C30H35Cl2N3O5S/c1-5-21(2)33-30(37)28(16-22-10-7-6-8-11-22)34(19-23-14-15-24(31)17-27(23)32)29(36)20-35(41(4,38)39)25-12-9-13-26(18-25)40-3/h6-15,17-18,21,28H,5,16,19-20H2,1-4H3,(H,33,37)/t21-,28-/m0/s1. The number of halogens is 2. The van der Waals surface area contributed by atoms with Gasteiger partial charge in [0.2, 0.25) is 21.8 Å². The van der Waals surface area contributed by atoms with Crippen molar-refractivity contribution >= 4 is 50.7 Å². The Balaban J connectivity index is 2.09. The third-order valence-corrected chi connectivity index (χ3v) is 8.38. The van der Waals surface area contributed by atoms with Crippen LogP contribution in [0.5, 0.6) is 5.75 Å². The maximum Gasteiger partial charge on any atom is 0.244 e. The molecule has 0 aliphatic rings. The number of rotatable bonds is 13. The van der Waals surface area contributed by atoms with E-state index in [9.17, 15) is 18.0 Å². The van der Waals surface area contributed by atoms with Gasteiger partial charge < -0.3 is 15.0 Å². The number of methoxy groups -OCH3 is 1. The molecule has 1 N–H and O–H groups in total. The summed E-state index contributed by atoms with van der Waals surface area (Å²) >= 11 is 12.6. The molecule has 0 bridgehead atoms. The molecule has 3 aromatic rings. The number of hydrogen-bond donors (Lipinski definition) is 1. The Bertz CT molecular complexity index is 1450. The zero-order chi connectivity index (χ0) is 30.2. The third-order valence-electron chi connectivity index (χ3n) is 6.65. The number of benzene rings is 3. The van der Waals surface area contributed by atoms with Crippen LogP contribution in [-0.2, 0) is 32.6 Å². The molecule has 3 rings (SSSR count). The molecular weight excluding hydrogens is 585 g/mol. The van der Waals surface area contributed by atoms with E-state index in [1.54, 1.807) is 36.4 Å². The van der Waals surface area contributed by atoms with Gasteiger partial charge in [0.1, 0.15) is 18.3 Å². The van der Waals surface area contributed by atoms with Gasteiger partial charge in [-0.25, -0.2) is 8.42 Å². The quantitative estimate of drug-likeness (QED) is 0.279. The number of carbonyl (C=O) groups is 2. The van der Waals surface area contributed by atoms with Crippen molar-refractivity contribution < 1.29 is 22.7 Å². The van der Waals surface area contributed by atoms with Gasteiger partial charge in [0.05, 0.1) is 19.1 Å². The minimum atomic E-state index is -3.90. The average Bonchev–Trinajstić information content (AvgIpc) is 2.94. The number of nitrogens with zero attached hydrogens (tertiary/aromatic N) is 2. The molecule has 0 saturated carbocycles. The number of hydrogen-bond acceptors (Lipinski definition) is 5. The summed E-state index contributed by atoms with van der Waals surface area (Å²) in [4.78, 5) is 29.2. The predicted molar refractivity (Wildman–Crippen MR) is 164 cm³/mol. The lowest BCUT2D eigenvalue weighted by atomic mass is 10.0. The van der Waals surface area contributed by atoms with Crippen molar-refractivity contribution in [1.29, 1.82) is 0 Å². The van der Waals surface area contributed by atoms with Crippen LogP contribution >= 0.6 is 23.2 Å². The molecule has 2 amide bonds. The van der Waals surface area contributed by atoms with Crippen molar-refractivity contribution in [2.24, 2.45) is 0 Å². The van der Waals surface area contributed by atoms with Gasteiger partial charge in [0.25, 0.3) is 0 Å². The van der Waals surface area contributed by atoms with E-state index in [2.05, 4.69) is 5.32 Å². The minimum Gasteiger partial charge on any atom is -0.497 e. The molecule has 0 fully saturated rings. The van der Waals surface area contributed by atoms with E-state index in [0.717, 1.165) is 16.1 Å². The van der Waals surface area contributed by atoms with Crippen molar-refractivity contribution in [3.05, 3.63) is 94.0 Å². The lowest BCUT2D eigenvalue weighted by Gasteiger charge is -2.34. The maximum atomic E-state index is 14.1. The van der Waals surface area contributed by atoms with Gasteiger partial charge in [-0.3, -0.25) is 13.9 Å². The largest absolute Gasteiger partial charge is 0.497 e. The Labute approximate surface area is 252 Å². The monoisotopic (exact) mass is 619 g/mol. The second-order valence-electron chi connectivity index (χ2n) is 9.75. The highest BCUT2D eigenvalue weighted by molar-refractivity contribution is 7.92. The van der Waals surface area contributed by atoms with E-state index in [1.165, 1.54) is 18.1 Å². The summed E-state index contributed by atoms with van der Waals surface area (Å²) in [5, 5.41) is 3.74. The van der Waals surface area contributed by atoms with Gasteiger partial charge >= 0.3 is 0 Å². The van der Waals surface area contributed by atoms with Gasteiger partial charge in [0.15, 0.2) is 0 Å². The van der Waals surface area contributed by atoms with Gasteiger partial charge in [-0.1, -0.05) is 72.6 Å². The van der Waals surface area contributed by atoms with Crippen LogP contribution in [0.2, 0.25) is 10.0 Å². The molecule has 2 atom stereocenters. The van der Waals surface area contributed by atoms with E-state index in [-0.39, 0.29) is 30.6 Å². The fourth-order valence-corrected chi connectivity index (χ4v) is 5.52. The van der Waals surface area contributed by atoms with Crippen molar-refractivity contribution in [2.75, 3.05) is 24.2 Å². The topological polar surface area (TPSA) is 96.0 Å². The van der Waals surface area contributed by atoms with Crippen LogP contribution in [0.15, 0.2) is 72.8 Å². The Kier molecular flexibility index (Phi) is 11.5. The van der Waals surface area contributed by atoms with E-state index in [1.807, 2.05) is 44.2 Å². The number of ether oxygens (including phenoxy) is 1. The summed E-state index contributed by atoms with van der Waals surface area (Å²) in [6.45, 7) is 3.24. The van der Waals surface area contributed by atoms with Gasteiger partial charge in [-0.2, -0.15) is 0 Å². The Morgan fingerprint density at radius 2 is 1.71 bits per heavy atom. The zero-order valence-corrected chi connectivity index (χ0v) is 25.8. The van der Waals surface area contributed by atoms with E-state index >= 15 is 0 Å². The highest BCUT2D eigenvalue weighted by Crippen LogP contribution is 2.26. The molecule has 0 aliphatic carbocycles. The highest BCUT2D eigenvalue weighted by Gasteiger charge is 2.33. The van der Waals surface area contributed by atoms with Crippen LogP contribution in [0, 0.1) is 0 Å². The van der Waals surface area contributed by atoms with Crippen molar-refractivity contribution in [1.82, 2.24) is 10.2 Å². The average molecular weight is 621 g/mol. The first-order valence-corrected chi connectivity index (χ1v) is 15.7. The molecule has 0 aromatic heterocycles. The minimum absolute atomic E-state index is 0.0457. The molecule has 0 spiro atoms. The molecule has 0 aliphatic heterocycles. The van der Waals surface area contributed by atoms with Gasteiger partial charge in [0, 0.05) is 35.1 Å². The molecule has 0 radical (unpaired) electrons. The zero-order valence-electron chi connectivity index (χ0n) is 23.5. The third kappa shape index (κ3) is 9.11. The van der Waals surface area contributed by atoms with Crippen molar-refractivity contribution in [3.8, 4) is 5.75 Å². The maximum absolute atomic E-state index is 14.1. The SMILES string of the molecule is CC[C@H](C)NC(=O)[C@H](Cc1ccccc1)N(Cc1ccc(Cl)cc1Cl)C(=O)CN(c1cccc(OC)c1)S(C)(=O)=O. The summed E-state index contributed by atoms with van der Waals surface area (Å²) in [6, 6.07) is 19.6. The Morgan fingerprint density at radius 3 is 2.32 bits per heavy atom. The second kappa shape index (κ2) is 14.6. The van der Waals surface area contributed by atoms with Crippen LogP contribution in [0.3, 0.4) is 0 Å². The second-order valence-corrected chi connectivity index (χ2v) is 12.5. The van der Waals surface area contributed by atoms with Gasteiger partial charge in [-0.05, 0) is 48.7 Å². The predicted octanol–water partition coefficient (Wildman–Crippen LogP) is 5.32. The summed E-state index contributed by atoms with van der Waals surface area (Å²) in [5.74, 6) is -0.498. The van der Waals surface area contributed by atoms with E-state index < -0.39 is 28.5 Å².